The van der Waals surface area contributed by atoms with Crippen molar-refractivity contribution in [1.82, 2.24) is 9.80 Å². The Bertz CT molecular complexity index is 250. The standard InChI is InChI=1S/C10H17N3S/c1-2-3-5-12-6-7-13(9-12)10-11-4-8-14-10/h6-7H,2-5,8-9H2,1H3. The number of aliphatic imine (C=N–C) groups is 1. The summed E-state index contributed by atoms with van der Waals surface area (Å²) < 4.78 is 0. The summed E-state index contributed by atoms with van der Waals surface area (Å²) in [7, 11) is 0. The highest BCUT2D eigenvalue weighted by atomic mass is 32.2. The van der Waals surface area contributed by atoms with Crippen LogP contribution in [-0.2, 0) is 0 Å². The third-order valence-corrected chi connectivity index (χ3v) is 3.41. The van der Waals surface area contributed by atoms with Crippen molar-refractivity contribution in [2.24, 2.45) is 4.99 Å². The highest BCUT2D eigenvalue weighted by molar-refractivity contribution is 8.14. The van der Waals surface area contributed by atoms with Gasteiger partial charge in [-0.05, 0) is 6.42 Å². The number of nitrogens with zero attached hydrogens (tertiary/aromatic N) is 3. The van der Waals surface area contributed by atoms with Crippen LogP contribution in [0.3, 0.4) is 0 Å². The SMILES string of the molecule is CCCCN1C=CN(C2=NCCS2)C1. The summed E-state index contributed by atoms with van der Waals surface area (Å²) in [5.74, 6) is 1.15. The van der Waals surface area contributed by atoms with Gasteiger partial charge in [-0.3, -0.25) is 4.99 Å². The van der Waals surface area contributed by atoms with E-state index in [1.807, 2.05) is 11.8 Å². The van der Waals surface area contributed by atoms with Gasteiger partial charge in [-0.15, -0.1) is 0 Å². The van der Waals surface area contributed by atoms with Crippen LogP contribution in [0.2, 0.25) is 0 Å². The van der Waals surface area contributed by atoms with Crippen molar-refractivity contribution in [3.63, 3.8) is 0 Å². The zero-order chi connectivity index (χ0) is 9.80. The van der Waals surface area contributed by atoms with E-state index in [-0.39, 0.29) is 0 Å². The normalized spacial score (nSPS) is 20.8. The second kappa shape index (κ2) is 4.73. The Morgan fingerprint density at radius 2 is 2.43 bits per heavy atom. The van der Waals surface area contributed by atoms with Crippen LogP contribution in [-0.4, -0.2) is 40.5 Å². The number of thioether (sulfide) groups is 1. The minimum atomic E-state index is 0.985. The van der Waals surface area contributed by atoms with Crippen LogP contribution < -0.4 is 0 Å². The highest BCUT2D eigenvalue weighted by Crippen LogP contribution is 2.19. The Balaban J connectivity index is 1.80. The van der Waals surface area contributed by atoms with Crippen LogP contribution in [0, 0.1) is 0 Å². The van der Waals surface area contributed by atoms with E-state index in [1.165, 1.54) is 24.6 Å². The van der Waals surface area contributed by atoms with Crippen molar-refractivity contribution < 1.29 is 0 Å². The maximum atomic E-state index is 4.46. The minimum Gasteiger partial charge on any atom is -0.358 e. The lowest BCUT2D eigenvalue weighted by atomic mass is 10.3. The molecule has 0 aromatic rings. The predicted molar refractivity (Wildman–Crippen MR) is 62.2 cm³/mol. The largest absolute Gasteiger partial charge is 0.358 e. The molecule has 2 aliphatic heterocycles. The van der Waals surface area contributed by atoms with Gasteiger partial charge in [-0.2, -0.15) is 0 Å². The molecule has 4 heteroatoms. The Labute approximate surface area is 89.9 Å². The van der Waals surface area contributed by atoms with Crippen LogP contribution >= 0.6 is 11.8 Å². The Kier molecular flexibility index (Phi) is 3.35. The second-order valence-corrected chi connectivity index (χ2v) is 4.65. The average Bonchev–Trinajstić information content (AvgIpc) is 2.85. The van der Waals surface area contributed by atoms with Crippen molar-refractivity contribution in [2.75, 3.05) is 25.5 Å². The Morgan fingerprint density at radius 1 is 1.50 bits per heavy atom. The Morgan fingerprint density at radius 3 is 3.14 bits per heavy atom. The molecule has 2 aliphatic rings. The van der Waals surface area contributed by atoms with E-state index in [1.54, 1.807) is 0 Å². The summed E-state index contributed by atoms with van der Waals surface area (Å²) in [6.07, 6.45) is 6.86. The van der Waals surface area contributed by atoms with E-state index in [0.29, 0.717) is 0 Å². The van der Waals surface area contributed by atoms with E-state index in [9.17, 15) is 0 Å². The molecule has 78 valence electrons. The lowest BCUT2D eigenvalue weighted by Gasteiger charge is -2.20. The first-order valence-corrected chi connectivity index (χ1v) is 6.25. The van der Waals surface area contributed by atoms with E-state index < -0.39 is 0 Å². The quantitative estimate of drug-likeness (QED) is 0.711. The predicted octanol–water partition coefficient (Wildman–Crippen LogP) is 1.94. The molecule has 0 fully saturated rings. The molecule has 2 rings (SSSR count). The van der Waals surface area contributed by atoms with Crippen molar-refractivity contribution in [1.29, 1.82) is 0 Å². The molecule has 0 aliphatic carbocycles. The van der Waals surface area contributed by atoms with Gasteiger partial charge in [-0.25, -0.2) is 0 Å². The fourth-order valence-electron chi connectivity index (χ4n) is 1.59. The molecule has 0 atom stereocenters. The Hall–Kier alpha value is -0.640. The van der Waals surface area contributed by atoms with Gasteiger partial charge < -0.3 is 9.80 Å². The first-order chi connectivity index (χ1) is 6.90. The van der Waals surface area contributed by atoms with E-state index in [2.05, 4.69) is 34.1 Å². The monoisotopic (exact) mass is 211 g/mol. The van der Waals surface area contributed by atoms with Crippen LogP contribution in [0.5, 0.6) is 0 Å². The summed E-state index contributed by atoms with van der Waals surface area (Å²) in [6, 6.07) is 0. The number of hydrogen-bond acceptors (Lipinski definition) is 4. The second-order valence-electron chi connectivity index (χ2n) is 3.59. The maximum Gasteiger partial charge on any atom is 0.164 e. The highest BCUT2D eigenvalue weighted by Gasteiger charge is 2.19. The summed E-state index contributed by atoms with van der Waals surface area (Å²) in [5, 5.41) is 1.19. The number of unbranched alkanes of at least 4 members (excludes halogenated alkanes) is 1. The molecule has 0 unspecified atom stereocenters. The average molecular weight is 211 g/mol. The number of rotatable bonds is 3. The molecular formula is C10H17N3S. The van der Waals surface area contributed by atoms with Crippen LogP contribution in [0.1, 0.15) is 19.8 Å². The molecule has 0 amide bonds. The zero-order valence-corrected chi connectivity index (χ0v) is 9.46. The van der Waals surface area contributed by atoms with Gasteiger partial charge in [0.05, 0.1) is 13.2 Å². The van der Waals surface area contributed by atoms with E-state index in [4.69, 9.17) is 0 Å². The number of hydrogen-bond donors (Lipinski definition) is 0. The first kappa shape index (κ1) is 9.90. The molecule has 0 saturated carbocycles. The summed E-state index contributed by atoms with van der Waals surface area (Å²) in [6.45, 7) is 5.38. The van der Waals surface area contributed by atoms with Gasteiger partial charge in [-0.1, -0.05) is 25.1 Å². The third-order valence-electron chi connectivity index (χ3n) is 2.41. The zero-order valence-electron chi connectivity index (χ0n) is 8.65. The lowest BCUT2D eigenvalue weighted by Crippen LogP contribution is -2.28. The van der Waals surface area contributed by atoms with Crippen LogP contribution in [0.15, 0.2) is 17.4 Å². The molecule has 3 nitrogen and oxygen atoms in total. The van der Waals surface area contributed by atoms with E-state index in [0.717, 1.165) is 19.0 Å². The fraction of sp³-hybridized carbons (Fsp3) is 0.700. The lowest BCUT2D eigenvalue weighted by molar-refractivity contribution is 0.327. The summed E-state index contributed by atoms with van der Waals surface area (Å²) in [4.78, 5) is 9.06. The summed E-state index contributed by atoms with van der Waals surface area (Å²) >= 11 is 1.86. The molecule has 0 aromatic heterocycles. The van der Waals surface area contributed by atoms with Gasteiger partial charge in [0.15, 0.2) is 5.17 Å². The summed E-state index contributed by atoms with van der Waals surface area (Å²) in [5.41, 5.74) is 0. The number of amidine groups is 1. The van der Waals surface area contributed by atoms with Gasteiger partial charge in [0.25, 0.3) is 0 Å². The molecular weight excluding hydrogens is 194 g/mol. The molecule has 0 saturated heterocycles. The molecule has 14 heavy (non-hydrogen) atoms. The van der Waals surface area contributed by atoms with Crippen molar-refractivity contribution in [3.05, 3.63) is 12.4 Å². The van der Waals surface area contributed by atoms with Gasteiger partial charge in [0, 0.05) is 24.7 Å². The van der Waals surface area contributed by atoms with Crippen molar-refractivity contribution in [3.8, 4) is 0 Å². The smallest absolute Gasteiger partial charge is 0.164 e. The van der Waals surface area contributed by atoms with Crippen LogP contribution in [0.25, 0.3) is 0 Å². The van der Waals surface area contributed by atoms with E-state index >= 15 is 0 Å². The van der Waals surface area contributed by atoms with Crippen molar-refractivity contribution in [2.45, 2.75) is 19.8 Å². The fourth-order valence-corrected chi connectivity index (χ4v) is 2.43. The molecule has 0 N–H and O–H groups in total. The van der Waals surface area contributed by atoms with Crippen LogP contribution in [0.4, 0.5) is 0 Å². The molecule has 0 radical (unpaired) electrons. The third kappa shape index (κ3) is 2.23. The first-order valence-electron chi connectivity index (χ1n) is 5.26. The molecule has 0 spiro atoms. The maximum absolute atomic E-state index is 4.46. The minimum absolute atomic E-state index is 0.985. The van der Waals surface area contributed by atoms with Gasteiger partial charge in [0.2, 0.25) is 0 Å². The molecule has 2 heterocycles. The topological polar surface area (TPSA) is 18.8 Å². The van der Waals surface area contributed by atoms with Crippen molar-refractivity contribution >= 4 is 16.9 Å². The van der Waals surface area contributed by atoms with Gasteiger partial charge >= 0.3 is 0 Å². The molecule has 0 bridgehead atoms. The molecule has 0 aromatic carbocycles. The van der Waals surface area contributed by atoms with Gasteiger partial charge in [0.1, 0.15) is 0 Å².